The molecule has 1 saturated heterocycles. The van der Waals surface area contributed by atoms with Crippen LogP contribution < -0.4 is 5.32 Å². The first kappa shape index (κ1) is 13.2. The summed E-state index contributed by atoms with van der Waals surface area (Å²) in [7, 11) is 0. The number of ether oxygens (including phenoxy) is 1. The van der Waals surface area contributed by atoms with Gasteiger partial charge in [0.1, 0.15) is 13.2 Å². The number of hydrogen-bond donors (Lipinski definition) is 2. The third kappa shape index (κ3) is 3.18. The van der Waals surface area contributed by atoms with Gasteiger partial charge in [-0.2, -0.15) is 18.2 Å². The van der Waals surface area contributed by atoms with E-state index in [1.807, 2.05) is 0 Å². The lowest BCUT2D eigenvalue weighted by Gasteiger charge is -2.14. The molecule has 1 aliphatic heterocycles. The molecule has 1 aromatic heterocycles. The number of aliphatic hydroxyl groups is 1. The van der Waals surface area contributed by atoms with Crippen LogP contribution in [0.4, 0.5) is 13.2 Å². The highest BCUT2D eigenvalue weighted by Gasteiger charge is 2.38. The molecule has 9 heteroatoms. The molecule has 0 saturated carbocycles. The van der Waals surface area contributed by atoms with Crippen molar-refractivity contribution in [1.29, 1.82) is 0 Å². The highest BCUT2D eigenvalue weighted by Crippen LogP contribution is 2.26. The number of nitrogens with zero attached hydrogens (tertiary/aromatic N) is 2. The van der Waals surface area contributed by atoms with Crippen molar-refractivity contribution in [3.63, 3.8) is 0 Å². The number of hydrogen-bond acceptors (Lipinski definition) is 6. The Hall–Kier alpha value is -1.19. The van der Waals surface area contributed by atoms with Crippen molar-refractivity contribution < 1.29 is 27.5 Å². The van der Waals surface area contributed by atoms with Crippen LogP contribution in [0.1, 0.15) is 18.1 Å². The Morgan fingerprint density at radius 1 is 1.50 bits per heavy atom. The maximum atomic E-state index is 11.8. The van der Waals surface area contributed by atoms with Crippen molar-refractivity contribution in [1.82, 2.24) is 15.5 Å². The lowest BCUT2D eigenvalue weighted by atomic mass is 10.0. The van der Waals surface area contributed by atoms with Crippen molar-refractivity contribution in [2.75, 3.05) is 19.7 Å². The summed E-state index contributed by atoms with van der Waals surface area (Å²) in [6, 6.07) is 0. The van der Waals surface area contributed by atoms with Gasteiger partial charge in [-0.3, -0.25) is 0 Å². The first-order chi connectivity index (χ1) is 8.39. The summed E-state index contributed by atoms with van der Waals surface area (Å²) in [4.78, 5) is 3.82. The number of alkyl halides is 3. The van der Waals surface area contributed by atoms with Crippen molar-refractivity contribution >= 4 is 0 Å². The minimum atomic E-state index is -4.39. The summed E-state index contributed by atoms with van der Waals surface area (Å²) in [6.45, 7) is -0.897. The SMILES string of the molecule is OC1(c2nc(COCC(F)(F)F)no2)CCNC1. The average Bonchev–Trinajstić information content (AvgIpc) is 2.86. The molecule has 102 valence electrons. The van der Waals surface area contributed by atoms with Crippen LogP contribution in [-0.2, 0) is 16.9 Å². The fraction of sp³-hybridized carbons (Fsp3) is 0.778. The van der Waals surface area contributed by atoms with Gasteiger partial charge in [0, 0.05) is 6.54 Å². The number of halogens is 3. The molecule has 1 aliphatic rings. The van der Waals surface area contributed by atoms with Gasteiger partial charge in [-0.25, -0.2) is 0 Å². The van der Waals surface area contributed by atoms with Crippen LogP contribution in [0.3, 0.4) is 0 Å². The molecule has 1 atom stereocenters. The molecule has 0 aromatic carbocycles. The first-order valence-corrected chi connectivity index (χ1v) is 5.30. The van der Waals surface area contributed by atoms with E-state index in [0.29, 0.717) is 13.0 Å². The summed E-state index contributed by atoms with van der Waals surface area (Å²) < 4.78 is 44.7. The Morgan fingerprint density at radius 3 is 2.89 bits per heavy atom. The van der Waals surface area contributed by atoms with Gasteiger partial charge in [-0.15, -0.1) is 0 Å². The minimum absolute atomic E-state index is 0.00175. The van der Waals surface area contributed by atoms with E-state index in [9.17, 15) is 18.3 Å². The second kappa shape index (κ2) is 4.82. The largest absolute Gasteiger partial charge is 0.411 e. The van der Waals surface area contributed by atoms with Gasteiger partial charge in [0.2, 0.25) is 0 Å². The van der Waals surface area contributed by atoms with Crippen LogP contribution in [0.5, 0.6) is 0 Å². The fourth-order valence-corrected chi connectivity index (χ4v) is 1.62. The highest BCUT2D eigenvalue weighted by molar-refractivity contribution is 5.03. The summed E-state index contributed by atoms with van der Waals surface area (Å²) in [5.41, 5.74) is -1.24. The molecular weight excluding hydrogens is 255 g/mol. The van der Waals surface area contributed by atoms with Crippen LogP contribution in [-0.4, -0.2) is 41.1 Å². The molecule has 6 nitrogen and oxygen atoms in total. The van der Waals surface area contributed by atoms with Gasteiger partial charge in [0.25, 0.3) is 5.89 Å². The van der Waals surface area contributed by atoms with Gasteiger partial charge in [0.15, 0.2) is 11.4 Å². The second-order valence-corrected chi connectivity index (χ2v) is 4.08. The molecule has 0 radical (unpaired) electrons. The topological polar surface area (TPSA) is 80.4 Å². The van der Waals surface area contributed by atoms with Gasteiger partial charge >= 0.3 is 6.18 Å². The Morgan fingerprint density at radius 2 is 2.28 bits per heavy atom. The van der Waals surface area contributed by atoms with Crippen molar-refractivity contribution in [3.8, 4) is 0 Å². The molecule has 2 N–H and O–H groups in total. The van der Waals surface area contributed by atoms with Crippen LogP contribution in [0, 0.1) is 0 Å². The molecule has 0 bridgehead atoms. The van der Waals surface area contributed by atoms with Crippen molar-refractivity contribution in [3.05, 3.63) is 11.7 Å². The fourth-order valence-electron chi connectivity index (χ4n) is 1.62. The smallest absolute Gasteiger partial charge is 0.379 e. The number of aromatic nitrogens is 2. The van der Waals surface area contributed by atoms with Crippen LogP contribution in [0.25, 0.3) is 0 Å². The summed E-state index contributed by atoms with van der Waals surface area (Å²) in [5, 5.41) is 16.4. The lowest BCUT2D eigenvalue weighted by molar-refractivity contribution is -0.177. The number of nitrogens with one attached hydrogen (secondary N) is 1. The van der Waals surface area contributed by atoms with Crippen LogP contribution >= 0.6 is 0 Å². The zero-order valence-electron chi connectivity index (χ0n) is 9.33. The van der Waals surface area contributed by atoms with E-state index in [-0.39, 0.29) is 18.3 Å². The van der Waals surface area contributed by atoms with Gasteiger partial charge in [-0.1, -0.05) is 5.16 Å². The molecule has 0 spiro atoms. The van der Waals surface area contributed by atoms with E-state index >= 15 is 0 Å². The third-order valence-electron chi connectivity index (χ3n) is 2.50. The van der Waals surface area contributed by atoms with Gasteiger partial charge in [0.05, 0.1) is 0 Å². The number of rotatable bonds is 4. The summed E-state index contributed by atoms with van der Waals surface area (Å²) in [6.07, 6.45) is -3.97. The molecule has 0 aliphatic carbocycles. The predicted molar refractivity (Wildman–Crippen MR) is 51.4 cm³/mol. The highest BCUT2D eigenvalue weighted by atomic mass is 19.4. The molecule has 1 aromatic rings. The summed E-state index contributed by atoms with van der Waals surface area (Å²) in [5.74, 6) is -0.0207. The van der Waals surface area contributed by atoms with Crippen molar-refractivity contribution in [2.24, 2.45) is 0 Å². The van der Waals surface area contributed by atoms with Crippen molar-refractivity contribution in [2.45, 2.75) is 24.8 Å². The number of β-amino-alcohol motifs (C(OH)–C–C–N with tert-alkyl or cyclic N) is 1. The van der Waals surface area contributed by atoms with E-state index in [1.54, 1.807) is 0 Å². The van der Waals surface area contributed by atoms with E-state index < -0.39 is 25.0 Å². The van der Waals surface area contributed by atoms with Crippen LogP contribution in [0.2, 0.25) is 0 Å². The molecule has 1 fully saturated rings. The van der Waals surface area contributed by atoms with E-state index in [2.05, 4.69) is 20.2 Å². The summed E-state index contributed by atoms with van der Waals surface area (Å²) >= 11 is 0. The zero-order valence-corrected chi connectivity index (χ0v) is 9.33. The van der Waals surface area contributed by atoms with E-state index in [0.717, 1.165) is 0 Å². The van der Waals surface area contributed by atoms with Gasteiger partial charge < -0.3 is 19.7 Å². The minimum Gasteiger partial charge on any atom is -0.379 e. The maximum Gasteiger partial charge on any atom is 0.411 e. The Kier molecular flexibility index (Phi) is 3.55. The normalized spacial score (nSPS) is 24.7. The molecule has 2 rings (SSSR count). The van der Waals surface area contributed by atoms with E-state index in [1.165, 1.54) is 0 Å². The Balaban J connectivity index is 1.90. The van der Waals surface area contributed by atoms with E-state index in [4.69, 9.17) is 4.52 Å². The second-order valence-electron chi connectivity index (χ2n) is 4.08. The molecular formula is C9H12F3N3O3. The maximum absolute atomic E-state index is 11.8. The Bertz CT molecular complexity index is 401. The zero-order chi connectivity index (χ0) is 13.2. The monoisotopic (exact) mass is 267 g/mol. The molecule has 1 unspecified atom stereocenters. The average molecular weight is 267 g/mol. The quantitative estimate of drug-likeness (QED) is 0.818. The third-order valence-corrected chi connectivity index (χ3v) is 2.50. The first-order valence-electron chi connectivity index (χ1n) is 5.30. The molecule has 0 amide bonds. The lowest BCUT2D eigenvalue weighted by Crippen LogP contribution is -2.28. The van der Waals surface area contributed by atoms with Gasteiger partial charge in [-0.05, 0) is 13.0 Å². The Labute approximate surface area is 100 Å². The predicted octanol–water partition coefficient (Wildman–Crippen LogP) is 0.329. The molecule has 18 heavy (non-hydrogen) atoms. The molecule has 2 heterocycles. The standard InChI is InChI=1S/C9H12F3N3O3/c10-9(11,12)5-17-3-6-14-7(18-15-6)8(16)1-2-13-4-8/h13,16H,1-5H2. The van der Waals surface area contributed by atoms with Crippen LogP contribution in [0.15, 0.2) is 4.52 Å².